The van der Waals surface area contributed by atoms with E-state index in [-0.39, 0.29) is 24.3 Å². The lowest BCUT2D eigenvalue weighted by Crippen LogP contribution is -2.42. The van der Waals surface area contributed by atoms with Crippen LogP contribution in [0.15, 0.2) is 24.3 Å². The summed E-state index contributed by atoms with van der Waals surface area (Å²) < 4.78 is 10.7. The molecule has 0 saturated carbocycles. The van der Waals surface area contributed by atoms with E-state index in [0.717, 1.165) is 25.9 Å². The highest BCUT2D eigenvalue weighted by Crippen LogP contribution is 2.20. The summed E-state index contributed by atoms with van der Waals surface area (Å²) in [5.74, 6) is 0.278. The molecule has 0 bridgehead atoms. The second-order valence-corrected chi connectivity index (χ2v) is 6.34. The number of carbonyl (C=O) groups excluding carboxylic acids is 2. The number of esters is 1. The number of hydrogen-bond acceptors (Lipinski definition) is 6. The van der Waals surface area contributed by atoms with Gasteiger partial charge >= 0.3 is 5.97 Å². The molecule has 1 heterocycles. The molecule has 1 atom stereocenters. The van der Waals surface area contributed by atoms with Crippen LogP contribution in [0.5, 0.6) is 5.75 Å². The number of Topliss-reactive ketones (excluding diaryl/α,β-unsaturated/α-hetero) is 1. The number of aliphatic hydroxyl groups excluding tert-OH is 1. The lowest BCUT2D eigenvalue weighted by atomic mass is 9.97. The fourth-order valence-electron chi connectivity index (χ4n) is 3.03. The highest BCUT2D eigenvalue weighted by Gasteiger charge is 2.26. The topological polar surface area (TPSA) is 76.1 Å². The normalized spacial score (nSPS) is 17.1. The van der Waals surface area contributed by atoms with Gasteiger partial charge in [-0.3, -0.25) is 9.59 Å². The molecule has 1 aromatic rings. The van der Waals surface area contributed by atoms with E-state index in [1.807, 2.05) is 6.92 Å². The molecule has 0 radical (unpaired) electrons. The van der Waals surface area contributed by atoms with E-state index in [2.05, 4.69) is 4.90 Å². The molecule has 1 aliphatic rings. The Morgan fingerprint density at radius 2 is 1.96 bits per heavy atom. The van der Waals surface area contributed by atoms with Crippen LogP contribution in [0, 0.1) is 5.92 Å². The van der Waals surface area contributed by atoms with E-state index in [1.54, 1.807) is 24.3 Å². The summed E-state index contributed by atoms with van der Waals surface area (Å²) in [4.78, 5) is 25.4. The predicted octanol–water partition coefficient (Wildman–Crippen LogP) is 1.90. The monoisotopic (exact) mass is 349 g/mol. The van der Waals surface area contributed by atoms with E-state index in [4.69, 9.17) is 9.47 Å². The number of hydrogen-bond donors (Lipinski definition) is 1. The maximum absolute atomic E-state index is 11.7. The molecule has 1 saturated heterocycles. The molecule has 2 rings (SSSR count). The van der Waals surface area contributed by atoms with E-state index in [9.17, 15) is 14.7 Å². The molecule has 1 aromatic carbocycles. The van der Waals surface area contributed by atoms with E-state index in [1.165, 1.54) is 6.92 Å². The summed E-state index contributed by atoms with van der Waals surface area (Å²) in [5.41, 5.74) is 0.518. The van der Waals surface area contributed by atoms with Gasteiger partial charge < -0.3 is 19.5 Å². The number of likely N-dealkylation sites (tertiary alicyclic amines) is 1. The van der Waals surface area contributed by atoms with Crippen molar-refractivity contribution in [1.82, 2.24) is 4.90 Å². The number of para-hydroxylation sites is 1. The van der Waals surface area contributed by atoms with Gasteiger partial charge in [0.05, 0.1) is 18.1 Å². The van der Waals surface area contributed by atoms with Gasteiger partial charge in [0.2, 0.25) is 0 Å². The zero-order chi connectivity index (χ0) is 18.2. The van der Waals surface area contributed by atoms with Crippen molar-refractivity contribution < 1.29 is 24.2 Å². The Balaban J connectivity index is 1.76. The van der Waals surface area contributed by atoms with Gasteiger partial charge in [0.1, 0.15) is 18.5 Å². The van der Waals surface area contributed by atoms with E-state index < -0.39 is 6.10 Å². The van der Waals surface area contributed by atoms with Crippen molar-refractivity contribution in [2.75, 3.05) is 32.8 Å². The minimum Gasteiger partial charge on any atom is -0.490 e. The third-order valence-corrected chi connectivity index (χ3v) is 4.37. The predicted molar refractivity (Wildman–Crippen MR) is 93.7 cm³/mol. The lowest BCUT2D eigenvalue weighted by Gasteiger charge is -2.32. The number of carbonyl (C=O) groups is 2. The average molecular weight is 349 g/mol. The van der Waals surface area contributed by atoms with Gasteiger partial charge in [-0.2, -0.15) is 0 Å². The van der Waals surface area contributed by atoms with Gasteiger partial charge in [-0.05, 0) is 51.9 Å². The second kappa shape index (κ2) is 9.53. The summed E-state index contributed by atoms with van der Waals surface area (Å²) in [6.45, 7) is 5.84. The van der Waals surface area contributed by atoms with Crippen molar-refractivity contribution in [3.8, 4) is 5.75 Å². The Hall–Kier alpha value is -1.92. The van der Waals surface area contributed by atoms with Crippen molar-refractivity contribution in [2.45, 2.75) is 32.8 Å². The highest BCUT2D eigenvalue weighted by atomic mass is 16.5. The van der Waals surface area contributed by atoms with Crippen molar-refractivity contribution in [1.29, 1.82) is 0 Å². The Labute approximate surface area is 148 Å². The summed E-state index contributed by atoms with van der Waals surface area (Å²) in [6, 6.07) is 7.03. The van der Waals surface area contributed by atoms with Crippen LogP contribution in [0.3, 0.4) is 0 Å². The molecule has 138 valence electrons. The first kappa shape index (κ1) is 19.4. The molecule has 6 heteroatoms. The number of nitrogens with zero attached hydrogens (tertiary/aromatic N) is 1. The first-order chi connectivity index (χ1) is 12.0. The molecule has 25 heavy (non-hydrogen) atoms. The average Bonchev–Trinajstić information content (AvgIpc) is 2.61. The van der Waals surface area contributed by atoms with Crippen LogP contribution in [-0.4, -0.2) is 60.7 Å². The lowest BCUT2D eigenvalue weighted by molar-refractivity contribution is -0.149. The molecular weight excluding hydrogens is 322 g/mol. The maximum Gasteiger partial charge on any atom is 0.309 e. The summed E-state index contributed by atoms with van der Waals surface area (Å²) in [6.07, 6.45) is 0.846. The summed E-state index contributed by atoms with van der Waals surface area (Å²) >= 11 is 0. The van der Waals surface area contributed by atoms with Gasteiger partial charge in [0.25, 0.3) is 0 Å². The quantitative estimate of drug-likeness (QED) is 0.571. The third kappa shape index (κ3) is 5.83. The fourth-order valence-corrected chi connectivity index (χ4v) is 3.03. The first-order valence-corrected chi connectivity index (χ1v) is 8.81. The van der Waals surface area contributed by atoms with Crippen molar-refractivity contribution >= 4 is 11.8 Å². The fraction of sp³-hybridized carbons (Fsp3) is 0.579. The van der Waals surface area contributed by atoms with Crippen LogP contribution in [0.1, 0.15) is 37.0 Å². The Morgan fingerprint density at radius 1 is 1.28 bits per heavy atom. The minimum atomic E-state index is -0.654. The summed E-state index contributed by atoms with van der Waals surface area (Å²) in [5, 5.41) is 10.2. The number of ketones is 1. The molecule has 0 spiro atoms. The summed E-state index contributed by atoms with van der Waals surface area (Å²) in [7, 11) is 0. The third-order valence-electron chi connectivity index (χ3n) is 4.37. The van der Waals surface area contributed by atoms with Gasteiger partial charge in [-0.25, -0.2) is 0 Å². The van der Waals surface area contributed by atoms with Crippen LogP contribution >= 0.6 is 0 Å². The van der Waals surface area contributed by atoms with E-state index >= 15 is 0 Å². The molecule has 0 amide bonds. The van der Waals surface area contributed by atoms with Gasteiger partial charge in [0, 0.05) is 6.54 Å². The van der Waals surface area contributed by atoms with Crippen molar-refractivity contribution in [3.63, 3.8) is 0 Å². The standard InChI is InChI=1S/C19H27NO5/c1-3-24-19(23)15-8-10-20(11-9-15)12-16(22)13-25-18-7-5-4-6-17(18)14(2)21/h4-7,15-16,22H,3,8-13H2,1-2H3/t16-/m0/s1. The molecule has 0 unspecified atom stereocenters. The SMILES string of the molecule is CCOC(=O)C1CCN(C[C@H](O)COc2ccccc2C(C)=O)CC1. The minimum absolute atomic E-state index is 0.0352. The van der Waals surface area contributed by atoms with Crippen molar-refractivity contribution in [2.24, 2.45) is 5.92 Å². The first-order valence-electron chi connectivity index (χ1n) is 8.81. The van der Waals surface area contributed by atoms with Crippen LogP contribution in [0.4, 0.5) is 0 Å². The molecule has 0 aromatic heterocycles. The van der Waals surface area contributed by atoms with E-state index in [0.29, 0.717) is 24.5 Å². The molecule has 1 aliphatic heterocycles. The molecule has 1 fully saturated rings. The zero-order valence-corrected chi connectivity index (χ0v) is 14.9. The molecule has 6 nitrogen and oxygen atoms in total. The molecule has 1 N–H and O–H groups in total. The second-order valence-electron chi connectivity index (χ2n) is 6.34. The number of β-amino-alcohol motifs (C(OH)–C–C–N with tert-alkyl or cyclic N) is 1. The number of aliphatic hydroxyl groups is 1. The maximum atomic E-state index is 11.7. The molecule has 0 aliphatic carbocycles. The Kier molecular flexibility index (Phi) is 7.40. The van der Waals surface area contributed by atoms with Crippen LogP contribution in [0.25, 0.3) is 0 Å². The zero-order valence-electron chi connectivity index (χ0n) is 14.9. The highest BCUT2D eigenvalue weighted by molar-refractivity contribution is 5.96. The Morgan fingerprint density at radius 3 is 2.60 bits per heavy atom. The Bertz CT molecular complexity index is 581. The largest absolute Gasteiger partial charge is 0.490 e. The van der Waals surface area contributed by atoms with Crippen LogP contribution < -0.4 is 4.74 Å². The van der Waals surface area contributed by atoms with Gasteiger partial charge in [-0.1, -0.05) is 12.1 Å². The number of rotatable bonds is 8. The van der Waals surface area contributed by atoms with Crippen molar-refractivity contribution in [3.05, 3.63) is 29.8 Å². The molecular formula is C19H27NO5. The van der Waals surface area contributed by atoms with Crippen LogP contribution in [0.2, 0.25) is 0 Å². The number of ether oxygens (including phenoxy) is 2. The van der Waals surface area contributed by atoms with Gasteiger partial charge in [0.15, 0.2) is 5.78 Å². The number of benzene rings is 1. The number of piperidine rings is 1. The smallest absolute Gasteiger partial charge is 0.309 e. The van der Waals surface area contributed by atoms with Crippen LogP contribution in [-0.2, 0) is 9.53 Å². The van der Waals surface area contributed by atoms with Gasteiger partial charge in [-0.15, -0.1) is 0 Å².